The summed E-state index contributed by atoms with van der Waals surface area (Å²) in [5, 5.41) is 10.1. The van der Waals surface area contributed by atoms with Crippen LogP contribution in [0.25, 0.3) is 11.0 Å². The van der Waals surface area contributed by atoms with Crippen molar-refractivity contribution in [3.8, 4) is 0 Å². The van der Waals surface area contributed by atoms with E-state index in [9.17, 15) is 4.79 Å². The van der Waals surface area contributed by atoms with Gasteiger partial charge >= 0.3 is 0 Å². The Morgan fingerprint density at radius 2 is 2.10 bits per heavy atom. The molecule has 0 fully saturated rings. The third-order valence-corrected chi connectivity index (χ3v) is 3.68. The monoisotopic (exact) mass is 267 g/mol. The highest BCUT2D eigenvalue weighted by Crippen LogP contribution is 2.25. The van der Waals surface area contributed by atoms with Crippen molar-refractivity contribution in [1.29, 1.82) is 0 Å². The molecule has 0 aliphatic heterocycles. The average molecular weight is 267 g/mol. The first-order valence-electron chi connectivity index (χ1n) is 6.62. The zero-order valence-electron chi connectivity index (χ0n) is 10.7. The number of hydrogen-bond donors (Lipinski definition) is 3. The minimum Gasteiger partial charge on any atom is -0.326 e. The van der Waals surface area contributed by atoms with Crippen molar-refractivity contribution >= 4 is 22.7 Å². The third kappa shape index (κ3) is 1.77. The molecule has 3 aromatic rings. The molecule has 1 aliphatic carbocycles. The number of nitrogens with one attached hydrogen (secondary N) is 3. The van der Waals surface area contributed by atoms with Crippen LogP contribution in [-0.2, 0) is 12.8 Å². The number of H-pyrrole nitrogens is 2. The molecule has 4 rings (SSSR count). The molecule has 0 saturated heterocycles. The normalized spacial score (nSPS) is 13.6. The molecule has 0 radical (unpaired) electrons. The molecule has 0 atom stereocenters. The molecular formula is C14H13N5O. The second-order valence-corrected chi connectivity index (χ2v) is 5.01. The van der Waals surface area contributed by atoms with Gasteiger partial charge in [0.2, 0.25) is 5.95 Å². The lowest BCUT2D eigenvalue weighted by molar-refractivity contribution is 0.912. The van der Waals surface area contributed by atoms with Crippen LogP contribution in [0.2, 0.25) is 0 Å². The Labute approximate surface area is 114 Å². The molecule has 100 valence electrons. The smallest absolute Gasteiger partial charge is 0.263 e. The topological polar surface area (TPSA) is 86.5 Å². The van der Waals surface area contributed by atoms with Crippen LogP contribution in [0.15, 0.2) is 29.2 Å². The SMILES string of the molecule is O=c1[nH]c(Nc2ccc3c(c2)CCC3)nc2[nH]ncc12. The van der Waals surface area contributed by atoms with Crippen molar-refractivity contribution < 1.29 is 0 Å². The summed E-state index contributed by atoms with van der Waals surface area (Å²) in [6.07, 6.45) is 4.97. The van der Waals surface area contributed by atoms with Gasteiger partial charge in [-0.05, 0) is 42.5 Å². The Balaban J connectivity index is 1.72. The lowest BCUT2D eigenvalue weighted by Gasteiger charge is -2.07. The zero-order valence-corrected chi connectivity index (χ0v) is 10.7. The van der Waals surface area contributed by atoms with Gasteiger partial charge in [0, 0.05) is 5.69 Å². The lowest BCUT2D eigenvalue weighted by atomic mass is 10.1. The van der Waals surface area contributed by atoms with Gasteiger partial charge in [0.1, 0.15) is 5.39 Å². The number of fused-ring (bicyclic) bond motifs is 2. The zero-order chi connectivity index (χ0) is 13.5. The Kier molecular flexibility index (Phi) is 2.35. The van der Waals surface area contributed by atoms with Crippen LogP contribution < -0.4 is 10.9 Å². The van der Waals surface area contributed by atoms with E-state index in [1.54, 1.807) is 0 Å². The minimum absolute atomic E-state index is 0.201. The Hall–Kier alpha value is -2.63. The molecule has 1 aliphatic rings. The summed E-state index contributed by atoms with van der Waals surface area (Å²) in [5.41, 5.74) is 4.01. The van der Waals surface area contributed by atoms with Gasteiger partial charge in [-0.15, -0.1) is 0 Å². The van der Waals surface area contributed by atoms with E-state index in [4.69, 9.17) is 0 Å². The van der Waals surface area contributed by atoms with E-state index in [0.717, 1.165) is 18.5 Å². The largest absolute Gasteiger partial charge is 0.326 e. The van der Waals surface area contributed by atoms with Crippen molar-refractivity contribution in [3.05, 3.63) is 45.9 Å². The number of nitrogens with zero attached hydrogens (tertiary/aromatic N) is 2. The van der Waals surface area contributed by atoms with Gasteiger partial charge in [-0.1, -0.05) is 6.07 Å². The predicted molar refractivity (Wildman–Crippen MR) is 76.3 cm³/mol. The van der Waals surface area contributed by atoms with Crippen LogP contribution in [0, 0.1) is 0 Å². The fourth-order valence-electron chi connectivity index (χ4n) is 2.69. The van der Waals surface area contributed by atoms with E-state index in [1.165, 1.54) is 23.7 Å². The number of aromatic nitrogens is 4. The van der Waals surface area contributed by atoms with E-state index in [1.807, 2.05) is 6.07 Å². The standard InChI is InChI=1S/C14H13N5O/c20-13-11-7-15-19-12(11)17-14(18-13)16-10-5-4-8-2-1-3-9(8)6-10/h4-7H,1-3H2,(H3,15,16,17,18,19,20). The van der Waals surface area contributed by atoms with Crippen molar-refractivity contribution in [1.82, 2.24) is 20.2 Å². The van der Waals surface area contributed by atoms with E-state index in [-0.39, 0.29) is 5.56 Å². The highest BCUT2D eigenvalue weighted by Gasteiger charge is 2.11. The fourth-order valence-corrected chi connectivity index (χ4v) is 2.69. The van der Waals surface area contributed by atoms with Crippen LogP contribution in [0.5, 0.6) is 0 Å². The van der Waals surface area contributed by atoms with Crippen molar-refractivity contribution in [3.63, 3.8) is 0 Å². The molecule has 0 saturated carbocycles. The van der Waals surface area contributed by atoms with Gasteiger partial charge in [0.05, 0.1) is 6.20 Å². The van der Waals surface area contributed by atoms with E-state index < -0.39 is 0 Å². The summed E-state index contributed by atoms with van der Waals surface area (Å²) in [5.74, 6) is 0.421. The quantitative estimate of drug-likeness (QED) is 0.661. The van der Waals surface area contributed by atoms with Crippen LogP contribution in [0.4, 0.5) is 11.6 Å². The molecule has 2 heterocycles. The highest BCUT2D eigenvalue weighted by atomic mass is 16.1. The molecule has 6 heteroatoms. The Morgan fingerprint density at radius 3 is 3.05 bits per heavy atom. The van der Waals surface area contributed by atoms with Crippen LogP contribution in [0.1, 0.15) is 17.5 Å². The highest BCUT2D eigenvalue weighted by molar-refractivity contribution is 5.74. The summed E-state index contributed by atoms with van der Waals surface area (Å²) in [7, 11) is 0. The van der Waals surface area contributed by atoms with E-state index >= 15 is 0 Å². The van der Waals surface area contributed by atoms with Gasteiger partial charge in [0.15, 0.2) is 5.65 Å². The molecule has 3 N–H and O–H groups in total. The molecule has 0 spiro atoms. The summed E-state index contributed by atoms with van der Waals surface area (Å²) in [4.78, 5) is 18.9. The predicted octanol–water partition coefficient (Wildman–Crippen LogP) is 1.88. The number of aryl methyl sites for hydroxylation is 2. The first-order chi connectivity index (χ1) is 9.79. The minimum atomic E-state index is -0.201. The summed E-state index contributed by atoms with van der Waals surface area (Å²) in [6.45, 7) is 0. The van der Waals surface area contributed by atoms with Gasteiger partial charge in [0.25, 0.3) is 5.56 Å². The van der Waals surface area contributed by atoms with Crippen molar-refractivity contribution in [2.75, 3.05) is 5.32 Å². The van der Waals surface area contributed by atoms with Gasteiger partial charge < -0.3 is 5.32 Å². The molecule has 0 unspecified atom stereocenters. The molecule has 6 nitrogen and oxygen atoms in total. The number of aromatic amines is 2. The number of hydrogen-bond acceptors (Lipinski definition) is 4. The molecule has 1 aromatic carbocycles. The van der Waals surface area contributed by atoms with Gasteiger partial charge in [-0.25, -0.2) is 0 Å². The van der Waals surface area contributed by atoms with Crippen LogP contribution in [0.3, 0.4) is 0 Å². The molecule has 20 heavy (non-hydrogen) atoms. The third-order valence-electron chi connectivity index (χ3n) is 3.68. The van der Waals surface area contributed by atoms with Crippen molar-refractivity contribution in [2.45, 2.75) is 19.3 Å². The van der Waals surface area contributed by atoms with E-state index in [2.05, 4.69) is 37.6 Å². The summed E-state index contributed by atoms with van der Waals surface area (Å²) < 4.78 is 0. The molecular weight excluding hydrogens is 254 g/mol. The van der Waals surface area contributed by atoms with Crippen LogP contribution >= 0.6 is 0 Å². The second-order valence-electron chi connectivity index (χ2n) is 5.01. The first kappa shape index (κ1) is 11.2. The Morgan fingerprint density at radius 1 is 1.20 bits per heavy atom. The van der Waals surface area contributed by atoms with E-state index in [0.29, 0.717) is 17.0 Å². The number of anilines is 2. The first-order valence-corrected chi connectivity index (χ1v) is 6.62. The number of benzene rings is 1. The summed E-state index contributed by atoms with van der Waals surface area (Å²) in [6, 6.07) is 6.28. The molecule has 0 amide bonds. The van der Waals surface area contributed by atoms with Gasteiger partial charge in [-0.3, -0.25) is 14.9 Å². The second kappa shape index (κ2) is 4.19. The fraction of sp³-hybridized carbons (Fsp3) is 0.214. The maximum absolute atomic E-state index is 11.8. The van der Waals surface area contributed by atoms with Gasteiger partial charge in [-0.2, -0.15) is 10.1 Å². The molecule has 0 bridgehead atoms. The molecule has 2 aromatic heterocycles. The Bertz CT molecular complexity index is 848. The lowest BCUT2D eigenvalue weighted by Crippen LogP contribution is -2.10. The average Bonchev–Trinajstić information content (AvgIpc) is 3.06. The maximum Gasteiger partial charge on any atom is 0.263 e. The van der Waals surface area contributed by atoms with Crippen LogP contribution in [-0.4, -0.2) is 20.2 Å². The van der Waals surface area contributed by atoms with Crippen molar-refractivity contribution in [2.24, 2.45) is 0 Å². The summed E-state index contributed by atoms with van der Waals surface area (Å²) >= 11 is 0. The number of rotatable bonds is 2. The maximum atomic E-state index is 11.8.